The highest BCUT2D eigenvalue weighted by molar-refractivity contribution is 7.99. The number of carbonyl (C=O) groups excluding carboxylic acids is 1. The molecule has 0 spiro atoms. The normalized spacial score (nSPS) is 13.4. The maximum Gasteiger partial charge on any atom is 0.405 e. The molecule has 0 aliphatic heterocycles. The van der Waals surface area contributed by atoms with Gasteiger partial charge in [-0.15, -0.1) is 0 Å². The average molecular weight is 244 g/mol. The van der Waals surface area contributed by atoms with Gasteiger partial charge in [-0.2, -0.15) is 24.9 Å². The largest absolute Gasteiger partial charge is 0.405 e. The Morgan fingerprint density at radius 2 is 2.00 bits per heavy atom. The van der Waals surface area contributed by atoms with Crippen molar-refractivity contribution in [3.63, 3.8) is 0 Å². The highest BCUT2D eigenvalue weighted by Crippen LogP contribution is 2.12. The molecule has 0 heterocycles. The van der Waals surface area contributed by atoms with E-state index in [1.165, 1.54) is 0 Å². The third-order valence-corrected chi connectivity index (χ3v) is 2.73. The minimum Gasteiger partial charge on any atom is -0.338 e. The van der Waals surface area contributed by atoms with Crippen LogP contribution in [0.25, 0.3) is 0 Å². The van der Waals surface area contributed by atoms with Crippen LogP contribution in [-0.2, 0) is 0 Å². The third-order valence-electron chi connectivity index (χ3n) is 1.69. The van der Waals surface area contributed by atoms with Crippen LogP contribution in [0.15, 0.2) is 0 Å². The Bertz CT molecular complexity index is 199. The first kappa shape index (κ1) is 14.4. The lowest BCUT2D eigenvalue weighted by atomic mass is 10.3. The molecule has 3 nitrogen and oxygen atoms in total. The summed E-state index contributed by atoms with van der Waals surface area (Å²) in [5.74, 6) is 0. The van der Waals surface area contributed by atoms with Gasteiger partial charge in [0.1, 0.15) is 6.54 Å². The summed E-state index contributed by atoms with van der Waals surface area (Å²) in [6.07, 6.45) is -1.68. The van der Waals surface area contributed by atoms with E-state index in [0.717, 1.165) is 6.42 Å². The SMILES string of the molecule is CSC(C)CCNC(=O)NCC(F)(F)F. The van der Waals surface area contributed by atoms with E-state index in [1.54, 1.807) is 17.1 Å². The van der Waals surface area contributed by atoms with Crippen molar-refractivity contribution in [2.24, 2.45) is 0 Å². The summed E-state index contributed by atoms with van der Waals surface area (Å²) in [4.78, 5) is 10.8. The summed E-state index contributed by atoms with van der Waals surface area (Å²) < 4.78 is 35.0. The van der Waals surface area contributed by atoms with Crippen LogP contribution in [0.4, 0.5) is 18.0 Å². The lowest BCUT2D eigenvalue weighted by Crippen LogP contribution is -2.41. The summed E-state index contributed by atoms with van der Waals surface area (Å²) in [7, 11) is 0. The van der Waals surface area contributed by atoms with Crippen LogP contribution >= 0.6 is 11.8 Å². The Balaban J connectivity index is 3.50. The molecule has 2 N–H and O–H groups in total. The first-order valence-electron chi connectivity index (χ1n) is 4.46. The molecule has 15 heavy (non-hydrogen) atoms. The quantitative estimate of drug-likeness (QED) is 0.776. The van der Waals surface area contributed by atoms with Gasteiger partial charge < -0.3 is 10.6 Å². The number of hydrogen-bond donors (Lipinski definition) is 2. The van der Waals surface area contributed by atoms with Crippen LogP contribution in [0.2, 0.25) is 0 Å². The molecule has 2 amide bonds. The Hall–Kier alpha value is -0.590. The predicted octanol–water partition coefficient (Wildman–Crippen LogP) is 1.99. The number of thioether (sulfide) groups is 1. The number of hydrogen-bond acceptors (Lipinski definition) is 2. The fourth-order valence-electron chi connectivity index (χ4n) is 0.750. The van der Waals surface area contributed by atoms with Crippen LogP contribution in [0.3, 0.4) is 0 Å². The number of nitrogens with one attached hydrogen (secondary N) is 2. The second-order valence-electron chi connectivity index (χ2n) is 3.06. The van der Waals surface area contributed by atoms with E-state index in [-0.39, 0.29) is 0 Å². The van der Waals surface area contributed by atoms with Gasteiger partial charge in [0.15, 0.2) is 0 Å². The fourth-order valence-corrected chi connectivity index (χ4v) is 1.10. The van der Waals surface area contributed by atoms with Crippen molar-refractivity contribution < 1.29 is 18.0 Å². The molecule has 1 atom stereocenters. The average Bonchev–Trinajstić information content (AvgIpc) is 2.13. The molecule has 0 saturated carbocycles. The molecule has 0 aromatic heterocycles. The van der Waals surface area contributed by atoms with Gasteiger partial charge in [0.2, 0.25) is 0 Å². The van der Waals surface area contributed by atoms with E-state index in [4.69, 9.17) is 0 Å². The summed E-state index contributed by atoms with van der Waals surface area (Å²) in [6, 6.07) is -0.777. The smallest absolute Gasteiger partial charge is 0.338 e. The molecule has 1 unspecified atom stereocenters. The molecule has 0 fully saturated rings. The molecule has 0 aromatic rings. The van der Waals surface area contributed by atoms with Gasteiger partial charge in [-0.05, 0) is 12.7 Å². The van der Waals surface area contributed by atoms with Gasteiger partial charge in [0, 0.05) is 11.8 Å². The van der Waals surface area contributed by atoms with Crippen LogP contribution < -0.4 is 10.6 Å². The number of rotatable bonds is 5. The van der Waals surface area contributed by atoms with Gasteiger partial charge in [-0.25, -0.2) is 4.79 Å². The van der Waals surface area contributed by atoms with Crippen molar-refractivity contribution in [1.29, 1.82) is 0 Å². The van der Waals surface area contributed by atoms with E-state index in [0.29, 0.717) is 11.8 Å². The number of urea groups is 1. The summed E-state index contributed by atoms with van der Waals surface area (Å²) >= 11 is 1.64. The molecule has 0 radical (unpaired) electrons. The topological polar surface area (TPSA) is 41.1 Å². The molecular weight excluding hydrogens is 229 g/mol. The molecule has 7 heteroatoms. The van der Waals surface area contributed by atoms with Gasteiger partial charge >= 0.3 is 12.2 Å². The van der Waals surface area contributed by atoms with Crippen molar-refractivity contribution in [2.45, 2.75) is 24.8 Å². The monoisotopic (exact) mass is 244 g/mol. The van der Waals surface area contributed by atoms with E-state index in [9.17, 15) is 18.0 Å². The third kappa shape index (κ3) is 9.71. The maximum atomic E-state index is 11.7. The second kappa shape index (κ2) is 6.81. The maximum absolute atomic E-state index is 11.7. The van der Waals surface area contributed by atoms with Gasteiger partial charge in [0.05, 0.1) is 0 Å². The van der Waals surface area contributed by atoms with E-state index < -0.39 is 18.8 Å². The first-order chi connectivity index (χ1) is 6.85. The van der Waals surface area contributed by atoms with Crippen molar-refractivity contribution in [3.8, 4) is 0 Å². The second-order valence-corrected chi connectivity index (χ2v) is 4.34. The zero-order valence-corrected chi connectivity index (χ0v) is 9.47. The predicted molar refractivity (Wildman–Crippen MR) is 55.1 cm³/mol. The van der Waals surface area contributed by atoms with Crippen LogP contribution in [-0.4, -0.2) is 36.8 Å². The first-order valence-corrected chi connectivity index (χ1v) is 5.75. The lowest BCUT2D eigenvalue weighted by Gasteiger charge is -2.11. The zero-order chi connectivity index (χ0) is 11.9. The van der Waals surface area contributed by atoms with Crippen molar-refractivity contribution >= 4 is 17.8 Å². The van der Waals surface area contributed by atoms with Crippen molar-refractivity contribution in [3.05, 3.63) is 0 Å². The van der Waals surface area contributed by atoms with E-state index in [2.05, 4.69) is 5.32 Å². The van der Waals surface area contributed by atoms with Crippen LogP contribution in [0.1, 0.15) is 13.3 Å². The van der Waals surface area contributed by atoms with E-state index in [1.807, 2.05) is 13.2 Å². The minimum absolute atomic E-state index is 0.381. The van der Waals surface area contributed by atoms with Gasteiger partial charge in [0.25, 0.3) is 0 Å². The number of carbonyl (C=O) groups is 1. The summed E-state index contributed by atoms with van der Waals surface area (Å²) in [6.45, 7) is 1.07. The molecule has 0 bridgehead atoms. The highest BCUT2D eigenvalue weighted by atomic mass is 32.2. The Labute approximate surface area is 91.2 Å². The molecule has 0 aromatic carbocycles. The summed E-state index contributed by atoms with van der Waals surface area (Å²) in [5.41, 5.74) is 0. The molecule has 0 saturated heterocycles. The van der Waals surface area contributed by atoms with Gasteiger partial charge in [-0.1, -0.05) is 6.92 Å². The Morgan fingerprint density at radius 3 is 2.47 bits per heavy atom. The fraction of sp³-hybridized carbons (Fsp3) is 0.875. The Morgan fingerprint density at radius 1 is 1.40 bits per heavy atom. The number of amides is 2. The Kier molecular flexibility index (Phi) is 6.55. The van der Waals surface area contributed by atoms with E-state index >= 15 is 0 Å². The number of alkyl halides is 3. The van der Waals surface area contributed by atoms with Gasteiger partial charge in [-0.3, -0.25) is 0 Å². The lowest BCUT2D eigenvalue weighted by molar-refractivity contribution is -0.122. The highest BCUT2D eigenvalue weighted by Gasteiger charge is 2.27. The van der Waals surface area contributed by atoms with Crippen molar-refractivity contribution in [1.82, 2.24) is 10.6 Å². The molecule has 0 aliphatic carbocycles. The van der Waals surface area contributed by atoms with Crippen molar-refractivity contribution in [2.75, 3.05) is 19.3 Å². The zero-order valence-electron chi connectivity index (χ0n) is 8.65. The van der Waals surface area contributed by atoms with Crippen LogP contribution in [0, 0.1) is 0 Å². The standard InChI is InChI=1S/C8H15F3N2OS/c1-6(15-2)3-4-12-7(14)13-5-8(9,10)11/h6H,3-5H2,1-2H3,(H2,12,13,14). The molecule has 0 aliphatic rings. The number of halogens is 3. The summed E-state index contributed by atoms with van der Waals surface area (Å²) in [5, 5.41) is 4.47. The van der Waals surface area contributed by atoms with Crippen LogP contribution in [0.5, 0.6) is 0 Å². The molecule has 90 valence electrons. The minimum atomic E-state index is -4.36. The molecular formula is C8H15F3N2OS. The molecule has 0 rings (SSSR count).